The number of allylic oxidation sites excluding steroid dienone is 2. The van der Waals surface area contributed by atoms with E-state index in [1.165, 1.54) is 27.8 Å². The van der Waals surface area contributed by atoms with Crippen LogP contribution in [-0.4, -0.2) is 9.52 Å². The summed E-state index contributed by atoms with van der Waals surface area (Å²) in [6, 6.07) is 13.8. The molecule has 2 aliphatic carbocycles. The summed E-state index contributed by atoms with van der Waals surface area (Å²) >= 11 is 0. The molecule has 2 aliphatic rings. The third-order valence-corrected chi connectivity index (χ3v) is 8.15. The molecule has 0 aliphatic heterocycles. The first kappa shape index (κ1) is 18.5. The maximum atomic E-state index is 2.43. The van der Waals surface area contributed by atoms with Crippen molar-refractivity contribution in [1.82, 2.24) is 0 Å². The van der Waals surface area contributed by atoms with Crippen molar-refractivity contribution in [1.29, 1.82) is 0 Å². The fourth-order valence-corrected chi connectivity index (χ4v) is 6.65. The van der Waals surface area contributed by atoms with E-state index >= 15 is 0 Å². The van der Waals surface area contributed by atoms with Gasteiger partial charge in [-0.05, 0) is 65.5 Å². The lowest BCUT2D eigenvalue weighted by atomic mass is 9.93. The van der Waals surface area contributed by atoms with Gasteiger partial charge in [-0.2, -0.15) is 0 Å². The van der Waals surface area contributed by atoms with E-state index in [0.717, 1.165) is 15.9 Å². The van der Waals surface area contributed by atoms with Gasteiger partial charge in [0.1, 0.15) is 0 Å². The molecule has 0 fully saturated rings. The largest absolute Gasteiger partial charge is 0.0952 e. The van der Waals surface area contributed by atoms with Crippen molar-refractivity contribution in [3.63, 3.8) is 0 Å². The summed E-state index contributed by atoms with van der Waals surface area (Å²) in [5.74, 6) is 1.15. The van der Waals surface area contributed by atoms with Crippen molar-refractivity contribution in [2.24, 2.45) is 0 Å². The molecular formula is C26H30Si. The zero-order chi connectivity index (χ0) is 19.3. The zero-order valence-corrected chi connectivity index (χ0v) is 18.5. The predicted octanol–water partition coefficient (Wildman–Crippen LogP) is 7.08. The summed E-state index contributed by atoms with van der Waals surface area (Å²) in [5.41, 5.74) is 12.9. The maximum absolute atomic E-state index is 2.43. The van der Waals surface area contributed by atoms with Gasteiger partial charge in [-0.25, -0.2) is 0 Å². The van der Waals surface area contributed by atoms with Crippen LogP contribution in [0.3, 0.4) is 0 Å². The Labute approximate surface area is 167 Å². The molecule has 0 nitrogen and oxygen atoms in total. The van der Waals surface area contributed by atoms with E-state index in [0.29, 0.717) is 17.4 Å². The van der Waals surface area contributed by atoms with Crippen LogP contribution in [0.25, 0.3) is 11.3 Å². The SMILES string of the molecule is CC1=Cc2cccc(C(C)C)c2C1[Si]C1=C(C)Cc2cccc(C(C)C)c21. The second-order valence-electron chi connectivity index (χ2n) is 8.84. The quantitative estimate of drug-likeness (QED) is 0.504. The molecule has 0 spiro atoms. The van der Waals surface area contributed by atoms with Gasteiger partial charge in [0.25, 0.3) is 0 Å². The summed E-state index contributed by atoms with van der Waals surface area (Å²) in [6.07, 6.45) is 3.56. The normalized spacial score (nSPS) is 18.4. The summed E-state index contributed by atoms with van der Waals surface area (Å²) < 4.78 is 0. The highest BCUT2D eigenvalue weighted by molar-refractivity contribution is 6.64. The minimum Gasteiger partial charge on any atom is -0.0695 e. The minimum atomic E-state index is 0.551. The van der Waals surface area contributed by atoms with E-state index in [-0.39, 0.29) is 0 Å². The van der Waals surface area contributed by atoms with Gasteiger partial charge < -0.3 is 0 Å². The first-order valence-corrected chi connectivity index (χ1v) is 11.4. The number of hydrogen-bond acceptors (Lipinski definition) is 0. The highest BCUT2D eigenvalue weighted by atomic mass is 28.2. The fourth-order valence-electron chi connectivity index (χ4n) is 4.79. The van der Waals surface area contributed by atoms with Crippen LogP contribution in [-0.2, 0) is 6.42 Å². The lowest BCUT2D eigenvalue weighted by Gasteiger charge is -2.22. The highest BCUT2D eigenvalue weighted by Crippen LogP contribution is 2.45. The predicted molar refractivity (Wildman–Crippen MR) is 120 cm³/mol. The van der Waals surface area contributed by atoms with Crippen molar-refractivity contribution in [2.45, 2.75) is 65.3 Å². The van der Waals surface area contributed by atoms with Crippen LogP contribution in [0.1, 0.15) is 92.3 Å². The second-order valence-corrected chi connectivity index (χ2v) is 10.2. The van der Waals surface area contributed by atoms with Crippen molar-refractivity contribution >= 4 is 20.8 Å². The van der Waals surface area contributed by atoms with Crippen molar-refractivity contribution < 1.29 is 0 Å². The Morgan fingerprint density at radius 1 is 0.889 bits per heavy atom. The van der Waals surface area contributed by atoms with Gasteiger partial charge in [0.15, 0.2) is 0 Å². The lowest BCUT2D eigenvalue weighted by molar-refractivity contribution is 0.845. The Kier molecular flexibility index (Phi) is 4.76. The summed E-state index contributed by atoms with van der Waals surface area (Å²) in [5, 5.41) is 1.64. The topological polar surface area (TPSA) is 0 Å². The smallest absolute Gasteiger partial charge is 0.0695 e. The molecule has 4 rings (SSSR count). The Morgan fingerprint density at radius 2 is 1.56 bits per heavy atom. The third-order valence-electron chi connectivity index (χ3n) is 6.15. The standard InChI is InChI=1S/C26H30Si/c1-15(2)21-11-7-9-19-13-17(5)25(23(19)21)27-26-18(6)14-20-10-8-12-22(16(3)4)24(20)26/h7-13,15-16,25H,14H2,1-6H3. The van der Waals surface area contributed by atoms with Crippen LogP contribution in [0.2, 0.25) is 0 Å². The maximum Gasteiger partial charge on any atom is 0.0952 e. The molecule has 138 valence electrons. The molecule has 1 heteroatoms. The van der Waals surface area contributed by atoms with Gasteiger partial charge >= 0.3 is 0 Å². The molecule has 2 aromatic carbocycles. The van der Waals surface area contributed by atoms with Crippen LogP contribution in [0.5, 0.6) is 0 Å². The average Bonchev–Trinajstić information content (AvgIpc) is 3.11. The van der Waals surface area contributed by atoms with Gasteiger partial charge in [0.05, 0.1) is 9.52 Å². The first-order chi connectivity index (χ1) is 12.9. The van der Waals surface area contributed by atoms with E-state index in [1.807, 2.05) is 0 Å². The molecule has 0 amide bonds. The van der Waals surface area contributed by atoms with Crippen LogP contribution in [0.4, 0.5) is 0 Å². The van der Waals surface area contributed by atoms with Crippen molar-refractivity contribution in [2.75, 3.05) is 0 Å². The number of benzene rings is 2. The van der Waals surface area contributed by atoms with Crippen LogP contribution in [0.15, 0.2) is 47.5 Å². The molecule has 1 unspecified atom stereocenters. The van der Waals surface area contributed by atoms with E-state index in [2.05, 4.69) is 84.0 Å². The average molecular weight is 371 g/mol. The number of fused-ring (bicyclic) bond motifs is 2. The molecular weight excluding hydrogens is 340 g/mol. The number of hydrogen-bond donors (Lipinski definition) is 0. The van der Waals surface area contributed by atoms with Crippen molar-refractivity contribution in [3.05, 3.63) is 80.9 Å². The lowest BCUT2D eigenvalue weighted by Crippen LogP contribution is -2.13. The molecule has 0 N–H and O–H groups in total. The summed E-state index contributed by atoms with van der Waals surface area (Å²) in [6.45, 7) is 14.0. The Morgan fingerprint density at radius 3 is 2.26 bits per heavy atom. The van der Waals surface area contributed by atoms with Gasteiger partial charge in [-0.3, -0.25) is 0 Å². The second kappa shape index (κ2) is 6.94. The molecule has 2 aromatic rings. The van der Waals surface area contributed by atoms with Crippen LogP contribution < -0.4 is 0 Å². The molecule has 0 heterocycles. The Bertz CT molecular complexity index is 956. The van der Waals surface area contributed by atoms with Crippen LogP contribution >= 0.6 is 0 Å². The van der Waals surface area contributed by atoms with Crippen LogP contribution in [0, 0.1) is 0 Å². The van der Waals surface area contributed by atoms with E-state index in [1.54, 1.807) is 21.9 Å². The molecule has 0 saturated heterocycles. The van der Waals surface area contributed by atoms with E-state index in [9.17, 15) is 0 Å². The Balaban J connectivity index is 1.79. The van der Waals surface area contributed by atoms with Gasteiger partial charge in [-0.1, -0.05) is 86.5 Å². The molecule has 2 radical (unpaired) electrons. The fraction of sp³-hybridized carbons (Fsp3) is 0.385. The molecule has 0 saturated carbocycles. The van der Waals surface area contributed by atoms with Gasteiger partial charge in [-0.15, -0.1) is 0 Å². The number of rotatable bonds is 4. The van der Waals surface area contributed by atoms with E-state index < -0.39 is 0 Å². The molecule has 0 bridgehead atoms. The summed E-state index contributed by atoms with van der Waals surface area (Å²) in [4.78, 5) is 0. The van der Waals surface area contributed by atoms with Gasteiger partial charge in [0, 0.05) is 5.54 Å². The monoisotopic (exact) mass is 370 g/mol. The minimum absolute atomic E-state index is 0.551. The highest BCUT2D eigenvalue weighted by Gasteiger charge is 2.31. The Hall–Kier alpha value is -1.86. The molecule has 0 aromatic heterocycles. The molecule has 1 atom stereocenters. The van der Waals surface area contributed by atoms with Gasteiger partial charge in [0.2, 0.25) is 0 Å². The van der Waals surface area contributed by atoms with E-state index in [4.69, 9.17) is 0 Å². The summed E-state index contributed by atoms with van der Waals surface area (Å²) in [7, 11) is 0.824. The van der Waals surface area contributed by atoms with Crippen molar-refractivity contribution in [3.8, 4) is 0 Å². The zero-order valence-electron chi connectivity index (χ0n) is 17.5. The first-order valence-electron chi connectivity index (χ1n) is 10.3. The third kappa shape index (κ3) is 3.06. The molecule has 27 heavy (non-hydrogen) atoms.